The van der Waals surface area contributed by atoms with Crippen molar-refractivity contribution in [3.8, 4) is 11.5 Å². The average Bonchev–Trinajstić information content (AvgIpc) is 4.18. The highest BCUT2D eigenvalue weighted by atomic mass is 16.6. The molecule has 3 atom stereocenters. The predicted octanol–water partition coefficient (Wildman–Crippen LogP) is 10.2. The molecule has 7 heteroatoms. The van der Waals surface area contributed by atoms with E-state index in [2.05, 4.69) is 128 Å². The summed E-state index contributed by atoms with van der Waals surface area (Å²) in [6, 6.07) is 25.7. The lowest BCUT2D eigenvalue weighted by Crippen LogP contribution is -2.38. The van der Waals surface area contributed by atoms with Gasteiger partial charge in [0.15, 0.2) is 0 Å². The van der Waals surface area contributed by atoms with Gasteiger partial charge in [0.25, 0.3) is 0 Å². The fraction of sp³-hybridized carbons (Fsp3) is 0.551. The summed E-state index contributed by atoms with van der Waals surface area (Å²) in [5, 5.41) is 11.0. The topological polar surface area (TPSA) is 82.2 Å². The smallest absolute Gasteiger partial charge is 0.119 e. The van der Waals surface area contributed by atoms with Crippen LogP contribution in [0.5, 0.6) is 11.5 Å². The third-order valence-electron chi connectivity index (χ3n) is 12.9. The van der Waals surface area contributed by atoms with E-state index < -0.39 is 11.7 Å². The van der Waals surface area contributed by atoms with Crippen LogP contribution in [0.25, 0.3) is 0 Å². The lowest BCUT2D eigenvalue weighted by atomic mass is 9.72. The van der Waals surface area contributed by atoms with Gasteiger partial charge >= 0.3 is 0 Å². The van der Waals surface area contributed by atoms with Crippen LogP contribution in [0.4, 0.5) is 0 Å². The summed E-state index contributed by atoms with van der Waals surface area (Å²) in [4.78, 5) is 0. The van der Waals surface area contributed by atoms with Crippen LogP contribution in [0.15, 0.2) is 96.1 Å². The number of epoxide rings is 2. The van der Waals surface area contributed by atoms with Gasteiger partial charge in [-0.05, 0) is 90.6 Å². The minimum absolute atomic E-state index is 0.104. The van der Waals surface area contributed by atoms with E-state index >= 15 is 0 Å². The van der Waals surface area contributed by atoms with Crippen molar-refractivity contribution in [2.75, 3.05) is 39.6 Å². The van der Waals surface area contributed by atoms with Gasteiger partial charge in [0.1, 0.15) is 43.0 Å². The second-order valence-corrected chi connectivity index (χ2v) is 17.0. The van der Waals surface area contributed by atoms with Gasteiger partial charge in [-0.2, -0.15) is 0 Å². The third kappa shape index (κ3) is 9.79. The molecule has 7 nitrogen and oxygen atoms in total. The van der Waals surface area contributed by atoms with E-state index in [9.17, 15) is 5.11 Å². The first-order valence-corrected chi connectivity index (χ1v) is 21.1. The largest absolute Gasteiger partial charge is 0.491 e. The molecular weight excluding hydrogens is 701 g/mol. The van der Waals surface area contributed by atoms with Crippen molar-refractivity contribution in [3.63, 3.8) is 0 Å². The molecule has 6 rings (SSSR count). The van der Waals surface area contributed by atoms with Gasteiger partial charge in [0.05, 0.1) is 37.6 Å². The Morgan fingerprint density at radius 1 is 0.554 bits per heavy atom. The number of aliphatic hydroxyl groups excluding tert-OH is 1. The molecule has 3 aliphatic rings. The maximum absolute atomic E-state index is 11.0. The summed E-state index contributed by atoms with van der Waals surface area (Å²) >= 11 is 0. The maximum atomic E-state index is 11.0. The minimum Gasteiger partial charge on any atom is -0.491 e. The molecule has 3 aromatic rings. The van der Waals surface area contributed by atoms with E-state index in [0.29, 0.717) is 13.2 Å². The van der Waals surface area contributed by atoms with Crippen LogP contribution in [0.1, 0.15) is 116 Å². The summed E-state index contributed by atoms with van der Waals surface area (Å²) in [6.45, 7) is 21.1. The quantitative estimate of drug-likeness (QED) is 0.102. The molecule has 0 radical (unpaired) electrons. The number of benzene rings is 3. The average molecular weight is 767 g/mol. The molecule has 1 aliphatic carbocycles. The molecule has 3 unspecified atom stereocenters. The number of ether oxygens (including phenoxy) is 6. The van der Waals surface area contributed by atoms with Crippen molar-refractivity contribution in [2.45, 2.75) is 134 Å². The molecule has 0 amide bonds. The summed E-state index contributed by atoms with van der Waals surface area (Å²) in [6.07, 6.45) is 9.71. The van der Waals surface area contributed by atoms with Crippen molar-refractivity contribution in [1.82, 2.24) is 0 Å². The van der Waals surface area contributed by atoms with Crippen molar-refractivity contribution < 1.29 is 33.5 Å². The van der Waals surface area contributed by atoms with Crippen LogP contribution in [0.2, 0.25) is 0 Å². The number of rotatable bonds is 22. The molecule has 0 spiro atoms. The Balaban J connectivity index is 1.01. The van der Waals surface area contributed by atoms with Crippen LogP contribution in [0, 0.1) is 0 Å². The van der Waals surface area contributed by atoms with Crippen molar-refractivity contribution >= 4 is 0 Å². The highest BCUT2D eigenvalue weighted by molar-refractivity contribution is 5.43. The minimum atomic E-state index is -0.751. The molecule has 2 saturated heterocycles. The summed E-state index contributed by atoms with van der Waals surface area (Å²) < 4.78 is 35.6. The van der Waals surface area contributed by atoms with Crippen molar-refractivity contribution in [3.05, 3.63) is 118 Å². The van der Waals surface area contributed by atoms with Gasteiger partial charge in [-0.25, -0.2) is 0 Å². The van der Waals surface area contributed by atoms with E-state index in [0.717, 1.165) is 63.2 Å². The van der Waals surface area contributed by atoms with E-state index in [-0.39, 0.29) is 41.9 Å². The Morgan fingerprint density at radius 2 is 1.00 bits per heavy atom. The molecular formula is C49H66O7. The van der Waals surface area contributed by atoms with Gasteiger partial charge in [-0.1, -0.05) is 122 Å². The first-order chi connectivity index (χ1) is 26.9. The predicted molar refractivity (Wildman–Crippen MR) is 224 cm³/mol. The number of aliphatic hydroxyl groups is 1. The number of hydrogen-bond donors (Lipinski definition) is 1. The fourth-order valence-corrected chi connectivity index (χ4v) is 8.23. The third-order valence-corrected chi connectivity index (χ3v) is 12.9. The monoisotopic (exact) mass is 766 g/mol. The second kappa shape index (κ2) is 18.0. The Kier molecular flexibility index (Phi) is 13.5. The van der Waals surface area contributed by atoms with E-state index in [4.69, 9.17) is 28.4 Å². The van der Waals surface area contributed by atoms with E-state index in [1.165, 1.54) is 33.4 Å². The van der Waals surface area contributed by atoms with Crippen LogP contribution in [-0.4, -0.2) is 68.7 Å². The molecule has 2 fully saturated rings. The summed E-state index contributed by atoms with van der Waals surface area (Å²) in [5.74, 6) is 1.61. The van der Waals surface area contributed by atoms with Gasteiger partial charge in [-0.3, -0.25) is 0 Å². The molecule has 2 heterocycles. The normalized spacial score (nSPS) is 19.2. The number of allylic oxidation sites excluding steroid dienone is 3. The summed E-state index contributed by atoms with van der Waals surface area (Å²) in [5.41, 5.74) is 6.60. The van der Waals surface area contributed by atoms with Gasteiger partial charge in [0, 0.05) is 10.8 Å². The highest BCUT2D eigenvalue weighted by Gasteiger charge is 2.36. The van der Waals surface area contributed by atoms with Gasteiger partial charge in [0.2, 0.25) is 0 Å². The fourth-order valence-electron chi connectivity index (χ4n) is 8.23. The SMILES string of the molecule is CCC(CC)(OCC(O)COc1ccc(C(C)(C)c2ccc(C(CC)(CC)OCC3CO3)cc2)cc1)C1=CC=C(C(C)(C)c2ccc(OCC3CO3)cc2)CC1. The Hall–Kier alpha value is -3.46. The zero-order valence-electron chi connectivity index (χ0n) is 35.2. The lowest BCUT2D eigenvalue weighted by Gasteiger charge is -2.38. The standard InChI is InChI=1S/C49H66O7/c1-9-48(10-2,39-17-13-35(14-18-39)47(7,8)38-23-27-43(28-24-38)52-31-44-32-53-44)55-30-41(50)29-51-42-25-21-37(22-26-42)46(5,6)36-15-19-40(20-16-36)49(11-3,12-4)56-34-45-33-54-45/h13,15-17,19-28,41,44-45,50H,9-12,14,18,29-34H2,1-8H3. The molecule has 56 heavy (non-hydrogen) atoms. The molecule has 3 aromatic carbocycles. The molecule has 0 saturated carbocycles. The number of hydrogen-bond acceptors (Lipinski definition) is 7. The highest BCUT2D eigenvalue weighted by Crippen LogP contribution is 2.42. The van der Waals surface area contributed by atoms with E-state index in [1.807, 2.05) is 12.1 Å². The van der Waals surface area contributed by atoms with Gasteiger partial charge in [-0.15, -0.1) is 0 Å². The first kappa shape index (κ1) is 42.2. The Labute approximate surface area is 336 Å². The summed E-state index contributed by atoms with van der Waals surface area (Å²) in [7, 11) is 0. The molecule has 2 aliphatic heterocycles. The molecule has 1 N–H and O–H groups in total. The Morgan fingerprint density at radius 3 is 1.50 bits per heavy atom. The second-order valence-electron chi connectivity index (χ2n) is 17.0. The lowest BCUT2D eigenvalue weighted by molar-refractivity contribution is -0.0726. The first-order valence-electron chi connectivity index (χ1n) is 21.1. The molecule has 0 bridgehead atoms. The van der Waals surface area contributed by atoms with E-state index in [1.54, 1.807) is 0 Å². The van der Waals surface area contributed by atoms with Crippen LogP contribution >= 0.6 is 0 Å². The van der Waals surface area contributed by atoms with Crippen LogP contribution in [-0.2, 0) is 35.4 Å². The molecule has 304 valence electrons. The molecule has 0 aromatic heterocycles. The zero-order chi connectivity index (χ0) is 40.0. The maximum Gasteiger partial charge on any atom is 0.119 e. The van der Waals surface area contributed by atoms with Crippen LogP contribution < -0.4 is 9.47 Å². The zero-order valence-corrected chi connectivity index (χ0v) is 35.2. The van der Waals surface area contributed by atoms with Crippen molar-refractivity contribution in [2.24, 2.45) is 0 Å². The van der Waals surface area contributed by atoms with Gasteiger partial charge < -0.3 is 33.5 Å². The Bertz CT molecular complexity index is 1750. The van der Waals surface area contributed by atoms with Crippen LogP contribution in [0.3, 0.4) is 0 Å². The van der Waals surface area contributed by atoms with Crippen molar-refractivity contribution in [1.29, 1.82) is 0 Å².